The fourth-order valence-corrected chi connectivity index (χ4v) is 2.63. The van der Waals surface area contributed by atoms with Gasteiger partial charge in [-0.3, -0.25) is 0 Å². The van der Waals surface area contributed by atoms with Gasteiger partial charge in [-0.15, -0.1) is 11.6 Å². The van der Waals surface area contributed by atoms with Crippen LogP contribution in [-0.2, 0) is 6.42 Å². The number of hydrogen-bond donors (Lipinski definition) is 0. The predicted octanol–water partition coefficient (Wildman–Crippen LogP) is 5.21. The molecule has 0 aliphatic rings. The molecule has 0 saturated carbocycles. The van der Waals surface area contributed by atoms with Crippen LogP contribution in [0.4, 0.5) is 0 Å². The second-order valence-corrected chi connectivity index (χ2v) is 5.34. The molecule has 2 aromatic rings. The quantitative estimate of drug-likeness (QED) is 0.674. The Morgan fingerprint density at radius 1 is 1.06 bits per heavy atom. The lowest BCUT2D eigenvalue weighted by Gasteiger charge is -2.15. The van der Waals surface area contributed by atoms with Crippen LogP contribution >= 0.6 is 23.2 Å². The van der Waals surface area contributed by atoms with Crippen molar-refractivity contribution in [1.29, 1.82) is 0 Å². The third kappa shape index (κ3) is 3.51. The van der Waals surface area contributed by atoms with Crippen LogP contribution in [0.3, 0.4) is 0 Å². The van der Waals surface area contributed by atoms with Crippen molar-refractivity contribution in [2.75, 3.05) is 5.88 Å². The molecule has 18 heavy (non-hydrogen) atoms. The van der Waals surface area contributed by atoms with E-state index in [1.165, 1.54) is 16.7 Å². The van der Waals surface area contributed by atoms with Crippen LogP contribution in [0.2, 0.25) is 5.02 Å². The molecule has 0 heterocycles. The summed E-state index contributed by atoms with van der Waals surface area (Å²) < 4.78 is 0. The van der Waals surface area contributed by atoms with Crippen molar-refractivity contribution in [2.24, 2.45) is 0 Å². The first-order chi connectivity index (χ1) is 8.69. The Bertz CT molecular complexity index is 520. The fourth-order valence-electron chi connectivity index (χ4n) is 2.13. The topological polar surface area (TPSA) is 0 Å². The number of hydrogen-bond acceptors (Lipinski definition) is 0. The summed E-state index contributed by atoms with van der Waals surface area (Å²) in [5, 5.41) is 0.782. The van der Waals surface area contributed by atoms with Crippen molar-refractivity contribution >= 4 is 23.2 Å². The van der Waals surface area contributed by atoms with Crippen LogP contribution in [0.25, 0.3) is 0 Å². The van der Waals surface area contributed by atoms with E-state index in [4.69, 9.17) is 23.2 Å². The molecule has 0 saturated heterocycles. The maximum Gasteiger partial charge on any atom is 0.0408 e. The first kappa shape index (κ1) is 13.5. The SMILES string of the molecule is Cc1cccc(C(CCl)Cc2cccc(Cl)c2)c1. The van der Waals surface area contributed by atoms with Gasteiger partial charge in [0.15, 0.2) is 0 Å². The minimum Gasteiger partial charge on any atom is -0.126 e. The maximum atomic E-state index is 6.11. The summed E-state index contributed by atoms with van der Waals surface area (Å²) in [4.78, 5) is 0. The second-order valence-electron chi connectivity index (χ2n) is 4.60. The summed E-state index contributed by atoms with van der Waals surface area (Å²) in [5.41, 5.74) is 3.80. The average molecular weight is 279 g/mol. The lowest BCUT2D eigenvalue weighted by Crippen LogP contribution is -2.05. The molecular formula is C16H16Cl2. The van der Waals surface area contributed by atoms with Gasteiger partial charge in [-0.2, -0.15) is 0 Å². The lowest BCUT2D eigenvalue weighted by molar-refractivity contribution is 0.765. The van der Waals surface area contributed by atoms with Gasteiger partial charge in [0, 0.05) is 16.8 Å². The highest BCUT2D eigenvalue weighted by molar-refractivity contribution is 6.30. The Labute approximate surface area is 119 Å². The molecule has 0 aliphatic heterocycles. The number of rotatable bonds is 4. The molecule has 0 fully saturated rings. The van der Waals surface area contributed by atoms with Crippen LogP contribution < -0.4 is 0 Å². The Hall–Kier alpha value is -0.980. The zero-order valence-corrected chi connectivity index (χ0v) is 11.9. The van der Waals surface area contributed by atoms with E-state index < -0.39 is 0 Å². The van der Waals surface area contributed by atoms with Gasteiger partial charge >= 0.3 is 0 Å². The van der Waals surface area contributed by atoms with Crippen LogP contribution in [0.5, 0.6) is 0 Å². The largest absolute Gasteiger partial charge is 0.126 e. The summed E-state index contributed by atoms with van der Waals surface area (Å²) in [6, 6.07) is 16.5. The van der Waals surface area contributed by atoms with E-state index >= 15 is 0 Å². The molecular weight excluding hydrogens is 263 g/mol. The Balaban J connectivity index is 2.19. The van der Waals surface area contributed by atoms with E-state index in [1.54, 1.807) is 0 Å². The second kappa shape index (κ2) is 6.26. The Morgan fingerprint density at radius 3 is 2.50 bits per heavy atom. The van der Waals surface area contributed by atoms with Crippen LogP contribution in [-0.4, -0.2) is 5.88 Å². The molecule has 0 nitrogen and oxygen atoms in total. The van der Waals surface area contributed by atoms with E-state index in [-0.39, 0.29) is 0 Å². The van der Waals surface area contributed by atoms with Gasteiger partial charge in [0.1, 0.15) is 0 Å². The highest BCUT2D eigenvalue weighted by Crippen LogP contribution is 2.24. The van der Waals surface area contributed by atoms with Crippen molar-refractivity contribution in [3.05, 3.63) is 70.2 Å². The smallest absolute Gasteiger partial charge is 0.0408 e. The van der Waals surface area contributed by atoms with E-state index in [2.05, 4.69) is 37.3 Å². The predicted molar refractivity (Wildman–Crippen MR) is 79.8 cm³/mol. The van der Waals surface area contributed by atoms with Crippen molar-refractivity contribution in [1.82, 2.24) is 0 Å². The van der Waals surface area contributed by atoms with Gasteiger partial charge in [-0.1, -0.05) is 53.6 Å². The normalized spacial score (nSPS) is 12.4. The standard InChI is InChI=1S/C16H16Cl2/c1-12-4-2-6-14(8-12)15(11-17)9-13-5-3-7-16(18)10-13/h2-8,10,15H,9,11H2,1H3. The molecule has 1 unspecified atom stereocenters. The molecule has 2 aromatic carbocycles. The van der Waals surface area contributed by atoms with Crippen LogP contribution in [0.1, 0.15) is 22.6 Å². The number of alkyl halides is 1. The summed E-state index contributed by atoms with van der Waals surface area (Å²) in [5.74, 6) is 0.959. The van der Waals surface area contributed by atoms with E-state index in [0.29, 0.717) is 11.8 Å². The average Bonchev–Trinajstić information content (AvgIpc) is 2.36. The molecule has 0 radical (unpaired) electrons. The molecule has 0 spiro atoms. The Morgan fingerprint density at radius 2 is 1.83 bits per heavy atom. The van der Waals surface area contributed by atoms with Gasteiger partial charge in [0.05, 0.1) is 0 Å². The van der Waals surface area contributed by atoms with Crippen molar-refractivity contribution in [2.45, 2.75) is 19.3 Å². The molecule has 2 heteroatoms. The lowest BCUT2D eigenvalue weighted by atomic mass is 9.93. The molecule has 0 N–H and O–H groups in total. The van der Waals surface area contributed by atoms with Gasteiger partial charge in [-0.25, -0.2) is 0 Å². The molecule has 0 aromatic heterocycles. The number of halogens is 2. The first-order valence-electron chi connectivity index (χ1n) is 6.06. The number of aryl methyl sites for hydroxylation is 1. The van der Waals surface area contributed by atoms with Gasteiger partial charge in [-0.05, 0) is 36.6 Å². The minimum absolute atomic E-state index is 0.338. The van der Waals surface area contributed by atoms with Crippen LogP contribution in [0, 0.1) is 6.92 Å². The van der Waals surface area contributed by atoms with Gasteiger partial charge in [0.2, 0.25) is 0 Å². The van der Waals surface area contributed by atoms with Gasteiger partial charge in [0.25, 0.3) is 0 Å². The van der Waals surface area contributed by atoms with Crippen molar-refractivity contribution in [3.8, 4) is 0 Å². The molecule has 2 rings (SSSR count). The molecule has 0 aliphatic carbocycles. The van der Waals surface area contributed by atoms with Crippen molar-refractivity contribution < 1.29 is 0 Å². The zero-order valence-electron chi connectivity index (χ0n) is 10.4. The molecule has 0 amide bonds. The first-order valence-corrected chi connectivity index (χ1v) is 6.97. The number of benzene rings is 2. The molecule has 0 bridgehead atoms. The van der Waals surface area contributed by atoms with E-state index in [0.717, 1.165) is 11.4 Å². The molecule has 94 valence electrons. The summed E-state index contributed by atoms with van der Waals surface area (Å²) in [6.45, 7) is 2.11. The highest BCUT2D eigenvalue weighted by atomic mass is 35.5. The summed E-state index contributed by atoms with van der Waals surface area (Å²) in [6.07, 6.45) is 0.924. The van der Waals surface area contributed by atoms with E-state index in [9.17, 15) is 0 Å². The third-order valence-corrected chi connectivity index (χ3v) is 3.68. The van der Waals surface area contributed by atoms with E-state index in [1.807, 2.05) is 18.2 Å². The molecule has 1 atom stereocenters. The third-order valence-electron chi connectivity index (χ3n) is 3.07. The van der Waals surface area contributed by atoms with Crippen LogP contribution in [0.15, 0.2) is 48.5 Å². The zero-order chi connectivity index (χ0) is 13.0. The fraction of sp³-hybridized carbons (Fsp3) is 0.250. The Kier molecular flexibility index (Phi) is 4.68. The maximum absolute atomic E-state index is 6.11. The van der Waals surface area contributed by atoms with Gasteiger partial charge < -0.3 is 0 Å². The summed E-state index contributed by atoms with van der Waals surface area (Å²) >= 11 is 12.1. The summed E-state index contributed by atoms with van der Waals surface area (Å²) in [7, 11) is 0. The minimum atomic E-state index is 0.338. The van der Waals surface area contributed by atoms with Crippen molar-refractivity contribution in [3.63, 3.8) is 0 Å². The highest BCUT2D eigenvalue weighted by Gasteiger charge is 2.11. The monoisotopic (exact) mass is 278 g/mol.